The summed E-state index contributed by atoms with van der Waals surface area (Å²) in [4.78, 5) is 0. The lowest BCUT2D eigenvalue weighted by molar-refractivity contribution is 0.528. The molecule has 0 saturated carbocycles. The molecule has 0 spiro atoms. The van der Waals surface area contributed by atoms with Gasteiger partial charge in [0.1, 0.15) is 5.82 Å². The van der Waals surface area contributed by atoms with Crippen LogP contribution in [0.15, 0.2) is 48.5 Å². The second-order valence-corrected chi connectivity index (χ2v) is 5.15. The van der Waals surface area contributed by atoms with E-state index in [1.54, 1.807) is 6.07 Å². The summed E-state index contributed by atoms with van der Waals surface area (Å²) in [5, 5.41) is 8.90. The van der Waals surface area contributed by atoms with E-state index in [-0.39, 0.29) is 11.9 Å². The summed E-state index contributed by atoms with van der Waals surface area (Å²) in [5.41, 5.74) is 2.75. The van der Waals surface area contributed by atoms with E-state index < -0.39 is 0 Å². The third-order valence-corrected chi connectivity index (χ3v) is 3.86. The summed E-state index contributed by atoms with van der Waals surface area (Å²) in [6, 6.07) is 14.9. The van der Waals surface area contributed by atoms with Gasteiger partial charge < -0.3 is 5.32 Å². The number of likely N-dealkylation sites (N-methyl/N-ethyl adjacent to an activating group) is 1. The largest absolute Gasteiger partial charge is 0.313 e. The van der Waals surface area contributed by atoms with Gasteiger partial charge in [-0.2, -0.15) is 5.10 Å². The summed E-state index contributed by atoms with van der Waals surface area (Å²) in [7, 11) is 3.78. The van der Waals surface area contributed by atoms with Crippen molar-refractivity contribution in [2.45, 2.75) is 12.5 Å². The Balaban J connectivity index is 1.99. The zero-order valence-electron chi connectivity index (χ0n) is 12.2. The van der Waals surface area contributed by atoms with Gasteiger partial charge in [-0.1, -0.05) is 36.4 Å². The fraction of sp³-hybridized carbons (Fsp3) is 0.235. The minimum absolute atomic E-state index is 0.0930. The van der Waals surface area contributed by atoms with Crippen molar-refractivity contribution < 1.29 is 4.39 Å². The zero-order valence-corrected chi connectivity index (χ0v) is 12.2. The van der Waals surface area contributed by atoms with Crippen LogP contribution in [0.4, 0.5) is 4.39 Å². The maximum atomic E-state index is 14.0. The maximum Gasteiger partial charge on any atom is 0.127 e. The van der Waals surface area contributed by atoms with Crippen molar-refractivity contribution in [1.82, 2.24) is 15.1 Å². The van der Waals surface area contributed by atoms with E-state index >= 15 is 0 Å². The molecule has 3 nitrogen and oxygen atoms in total. The van der Waals surface area contributed by atoms with Gasteiger partial charge in [-0.25, -0.2) is 4.39 Å². The van der Waals surface area contributed by atoms with Gasteiger partial charge in [0.2, 0.25) is 0 Å². The van der Waals surface area contributed by atoms with E-state index in [0.717, 1.165) is 16.6 Å². The van der Waals surface area contributed by atoms with Crippen molar-refractivity contribution >= 4 is 10.9 Å². The first-order valence-electron chi connectivity index (χ1n) is 7.03. The Labute approximate surface area is 123 Å². The Bertz CT molecular complexity index is 764. The molecule has 1 aromatic heterocycles. The van der Waals surface area contributed by atoms with Crippen LogP contribution < -0.4 is 5.32 Å². The first-order valence-corrected chi connectivity index (χ1v) is 7.03. The first-order chi connectivity index (χ1) is 10.2. The van der Waals surface area contributed by atoms with Gasteiger partial charge in [-0.05, 0) is 19.2 Å². The molecule has 0 saturated heterocycles. The Morgan fingerprint density at radius 3 is 2.62 bits per heavy atom. The molecule has 108 valence electrons. The topological polar surface area (TPSA) is 29.9 Å². The number of hydrogen-bond acceptors (Lipinski definition) is 2. The number of hydrogen-bond donors (Lipinski definition) is 1. The Kier molecular flexibility index (Phi) is 3.71. The Hall–Kier alpha value is -2.20. The maximum absolute atomic E-state index is 14.0. The van der Waals surface area contributed by atoms with Gasteiger partial charge in [0, 0.05) is 30.5 Å². The van der Waals surface area contributed by atoms with E-state index in [9.17, 15) is 4.39 Å². The minimum atomic E-state index is -0.183. The molecule has 0 aliphatic rings. The van der Waals surface area contributed by atoms with Crippen LogP contribution in [0.2, 0.25) is 0 Å². The van der Waals surface area contributed by atoms with Crippen LogP contribution in [0.1, 0.15) is 17.3 Å². The second-order valence-electron chi connectivity index (χ2n) is 5.15. The highest BCUT2D eigenvalue weighted by molar-refractivity contribution is 5.81. The second kappa shape index (κ2) is 5.66. The molecule has 0 fully saturated rings. The molecule has 4 heteroatoms. The smallest absolute Gasteiger partial charge is 0.127 e. The van der Waals surface area contributed by atoms with Crippen molar-refractivity contribution in [3.8, 4) is 0 Å². The molecule has 1 N–H and O–H groups in total. The summed E-state index contributed by atoms with van der Waals surface area (Å²) >= 11 is 0. The highest BCUT2D eigenvalue weighted by Crippen LogP contribution is 2.25. The average Bonchev–Trinajstić information content (AvgIpc) is 2.82. The van der Waals surface area contributed by atoms with Gasteiger partial charge in [-0.15, -0.1) is 0 Å². The summed E-state index contributed by atoms with van der Waals surface area (Å²) in [6.45, 7) is 0. The van der Waals surface area contributed by atoms with E-state index in [1.165, 1.54) is 6.07 Å². The molecule has 0 radical (unpaired) electrons. The highest BCUT2D eigenvalue weighted by Gasteiger charge is 2.17. The molecule has 1 unspecified atom stereocenters. The van der Waals surface area contributed by atoms with Gasteiger partial charge in [-0.3, -0.25) is 4.68 Å². The standard InChI is InChI=1S/C17H18FN3/c1-19-15(12-7-3-5-9-14(12)18)11-16-13-8-4-6-10-17(13)21(2)20-16/h3-10,15,19H,11H2,1-2H3. The molecule has 1 heterocycles. The van der Waals surface area contributed by atoms with Gasteiger partial charge in [0.05, 0.1) is 11.2 Å². The van der Waals surface area contributed by atoms with Crippen LogP contribution in [0.3, 0.4) is 0 Å². The number of halogens is 1. The van der Waals surface area contributed by atoms with Crippen LogP contribution >= 0.6 is 0 Å². The van der Waals surface area contributed by atoms with Crippen LogP contribution in [-0.2, 0) is 13.5 Å². The normalized spacial score (nSPS) is 12.7. The van der Waals surface area contributed by atoms with Crippen LogP contribution in [0.5, 0.6) is 0 Å². The van der Waals surface area contributed by atoms with Crippen molar-refractivity contribution in [2.24, 2.45) is 7.05 Å². The molecule has 21 heavy (non-hydrogen) atoms. The molecule has 0 amide bonds. The average molecular weight is 283 g/mol. The van der Waals surface area contributed by atoms with E-state index in [4.69, 9.17) is 0 Å². The van der Waals surface area contributed by atoms with Crippen LogP contribution in [0.25, 0.3) is 10.9 Å². The number of benzene rings is 2. The number of fused-ring (bicyclic) bond motifs is 1. The molecule has 0 aliphatic heterocycles. The minimum Gasteiger partial charge on any atom is -0.313 e. The fourth-order valence-corrected chi connectivity index (χ4v) is 2.76. The molecule has 0 bridgehead atoms. The zero-order chi connectivity index (χ0) is 14.8. The van der Waals surface area contributed by atoms with E-state index in [2.05, 4.69) is 16.5 Å². The quantitative estimate of drug-likeness (QED) is 0.797. The van der Waals surface area contributed by atoms with E-state index in [1.807, 2.05) is 49.1 Å². The molecule has 1 atom stereocenters. The first kappa shape index (κ1) is 13.8. The SMILES string of the molecule is CNC(Cc1nn(C)c2ccccc12)c1ccccc1F. The predicted octanol–water partition coefficient (Wildman–Crippen LogP) is 3.22. The molecule has 3 aromatic rings. The third kappa shape index (κ3) is 2.54. The Morgan fingerprint density at radius 1 is 1.14 bits per heavy atom. The number of nitrogens with zero attached hydrogens (tertiary/aromatic N) is 2. The Morgan fingerprint density at radius 2 is 1.86 bits per heavy atom. The van der Waals surface area contributed by atoms with Crippen LogP contribution in [0, 0.1) is 5.82 Å². The van der Waals surface area contributed by atoms with Crippen LogP contribution in [-0.4, -0.2) is 16.8 Å². The van der Waals surface area contributed by atoms with Gasteiger partial charge in [0.25, 0.3) is 0 Å². The number of aromatic nitrogens is 2. The molecular weight excluding hydrogens is 265 g/mol. The van der Waals surface area contributed by atoms with Gasteiger partial charge in [0.15, 0.2) is 0 Å². The molecule has 3 rings (SSSR count). The summed E-state index contributed by atoms with van der Waals surface area (Å²) < 4.78 is 15.9. The lowest BCUT2D eigenvalue weighted by Gasteiger charge is -2.16. The third-order valence-electron chi connectivity index (χ3n) is 3.86. The fourth-order valence-electron chi connectivity index (χ4n) is 2.76. The molecule has 2 aromatic carbocycles. The lowest BCUT2D eigenvalue weighted by atomic mass is 10.00. The van der Waals surface area contributed by atoms with Crippen molar-refractivity contribution in [3.63, 3.8) is 0 Å². The highest BCUT2D eigenvalue weighted by atomic mass is 19.1. The number of para-hydroxylation sites is 1. The summed E-state index contributed by atoms with van der Waals surface area (Å²) in [5.74, 6) is -0.183. The van der Waals surface area contributed by atoms with E-state index in [0.29, 0.717) is 12.0 Å². The number of nitrogens with one attached hydrogen (secondary N) is 1. The van der Waals surface area contributed by atoms with Gasteiger partial charge >= 0.3 is 0 Å². The predicted molar refractivity (Wildman–Crippen MR) is 82.6 cm³/mol. The lowest BCUT2D eigenvalue weighted by Crippen LogP contribution is -2.20. The van der Waals surface area contributed by atoms with Crippen molar-refractivity contribution in [2.75, 3.05) is 7.05 Å². The van der Waals surface area contributed by atoms with Crippen molar-refractivity contribution in [3.05, 3.63) is 65.6 Å². The number of aryl methyl sites for hydroxylation is 1. The molecular formula is C17H18FN3. The molecule has 0 aliphatic carbocycles. The van der Waals surface area contributed by atoms with Crippen molar-refractivity contribution in [1.29, 1.82) is 0 Å². The monoisotopic (exact) mass is 283 g/mol. The number of rotatable bonds is 4. The summed E-state index contributed by atoms with van der Waals surface area (Å²) in [6.07, 6.45) is 0.652.